The molecule has 0 saturated heterocycles. The molecule has 4 aromatic rings. The van der Waals surface area contributed by atoms with Crippen molar-refractivity contribution in [2.24, 2.45) is 14.1 Å². The quantitative estimate of drug-likeness (QED) is 0.457. The molecule has 160 valence electrons. The first-order valence-corrected chi connectivity index (χ1v) is 9.95. The van der Waals surface area contributed by atoms with E-state index in [1.54, 1.807) is 17.8 Å². The number of nitrogens with zero attached hydrogens (tertiary/aromatic N) is 6. The van der Waals surface area contributed by atoms with Crippen molar-refractivity contribution in [3.8, 4) is 28.4 Å². The van der Waals surface area contributed by atoms with Gasteiger partial charge in [0.25, 0.3) is 0 Å². The Morgan fingerprint density at radius 3 is 2.48 bits per heavy atom. The van der Waals surface area contributed by atoms with Crippen LogP contribution in [-0.2, 0) is 20.7 Å². The van der Waals surface area contributed by atoms with Gasteiger partial charge in [0.05, 0.1) is 23.6 Å². The fourth-order valence-corrected chi connectivity index (χ4v) is 3.34. The zero-order chi connectivity index (χ0) is 22.0. The zero-order valence-corrected chi connectivity index (χ0v) is 17.9. The third-order valence-corrected chi connectivity index (χ3v) is 4.91. The summed E-state index contributed by atoms with van der Waals surface area (Å²) < 4.78 is 16.1. The summed E-state index contributed by atoms with van der Waals surface area (Å²) in [6.45, 7) is 4.60. The van der Waals surface area contributed by atoms with E-state index in [1.807, 2.05) is 63.5 Å². The number of tetrazole rings is 1. The summed E-state index contributed by atoms with van der Waals surface area (Å²) in [4.78, 5) is 12.4. The van der Waals surface area contributed by atoms with Gasteiger partial charge in [-0.15, -0.1) is 0 Å². The predicted molar refractivity (Wildman–Crippen MR) is 115 cm³/mol. The van der Waals surface area contributed by atoms with E-state index in [0.717, 1.165) is 28.1 Å². The number of hydrogen-bond acceptors (Lipinski definition) is 6. The van der Waals surface area contributed by atoms with Crippen LogP contribution in [0, 0.1) is 6.92 Å². The molecule has 0 unspecified atom stereocenters. The van der Waals surface area contributed by atoms with Crippen LogP contribution in [0.1, 0.15) is 18.1 Å². The van der Waals surface area contributed by atoms with Crippen molar-refractivity contribution < 1.29 is 9.47 Å². The van der Waals surface area contributed by atoms with Gasteiger partial charge in [-0.25, -0.2) is 4.79 Å². The summed E-state index contributed by atoms with van der Waals surface area (Å²) in [5, 5.41) is 12.2. The first-order chi connectivity index (χ1) is 15.0. The summed E-state index contributed by atoms with van der Waals surface area (Å²) in [5.41, 5.74) is 3.86. The van der Waals surface area contributed by atoms with E-state index in [4.69, 9.17) is 9.47 Å². The molecule has 0 aliphatic carbocycles. The lowest BCUT2D eigenvalue weighted by Crippen LogP contribution is -2.23. The lowest BCUT2D eigenvalue weighted by Gasteiger charge is -2.16. The molecule has 0 N–H and O–H groups in total. The Kier molecular flexibility index (Phi) is 5.57. The molecule has 0 bridgehead atoms. The van der Waals surface area contributed by atoms with Crippen LogP contribution < -0.4 is 15.2 Å². The van der Waals surface area contributed by atoms with E-state index in [9.17, 15) is 4.79 Å². The fourth-order valence-electron chi connectivity index (χ4n) is 3.34. The highest BCUT2D eigenvalue weighted by Gasteiger charge is 2.17. The standard InChI is InChI=1S/C22H24N6O3/c1-5-30-21-8-6-7-19(28-22(29)27(4)24-25-28)17(21)14-31-20-10-9-16(13-15(20)2)18-11-12-26(3)23-18/h6-13H,5,14H2,1-4H3. The van der Waals surface area contributed by atoms with Crippen LogP contribution in [0.2, 0.25) is 0 Å². The second-order valence-electron chi connectivity index (χ2n) is 7.13. The number of aromatic nitrogens is 6. The minimum atomic E-state index is -0.342. The maximum atomic E-state index is 12.4. The lowest BCUT2D eigenvalue weighted by molar-refractivity contribution is 0.284. The van der Waals surface area contributed by atoms with Crippen LogP contribution in [0.3, 0.4) is 0 Å². The molecule has 4 rings (SSSR count). The molecule has 2 aromatic carbocycles. The Hall–Kier alpha value is -3.88. The molecule has 0 amide bonds. The molecule has 9 heteroatoms. The highest BCUT2D eigenvalue weighted by Crippen LogP contribution is 2.29. The Morgan fingerprint density at radius 1 is 1.00 bits per heavy atom. The summed E-state index contributed by atoms with van der Waals surface area (Å²) in [5.74, 6) is 1.38. The molecule has 31 heavy (non-hydrogen) atoms. The highest BCUT2D eigenvalue weighted by atomic mass is 16.5. The smallest absolute Gasteiger partial charge is 0.368 e. The van der Waals surface area contributed by atoms with Crippen molar-refractivity contribution >= 4 is 0 Å². The van der Waals surface area contributed by atoms with Crippen molar-refractivity contribution in [3.05, 3.63) is 70.3 Å². The number of aryl methyl sites for hydroxylation is 3. The molecule has 0 atom stereocenters. The predicted octanol–water partition coefficient (Wildman–Crippen LogP) is 2.65. The van der Waals surface area contributed by atoms with Gasteiger partial charge >= 0.3 is 5.69 Å². The molecule has 2 aromatic heterocycles. The molecule has 0 aliphatic rings. The van der Waals surface area contributed by atoms with Crippen LogP contribution in [0.5, 0.6) is 11.5 Å². The Bertz CT molecular complexity index is 1270. The largest absolute Gasteiger partial charge is 0.493 e. The Labute approximate surface area is 179 Å². The highest BCUT2D eigenvalue weighted by molar-refractivity contribution is 5.61. The molecule has 0 saturated carbocycles. The molecule has 0 aliphatic heterocycles. The van der Waals surface area contributed by atoms with Gasteiger partial charge in [0.1, 0.15) is 18.1 Å². The number of benzene rings is 2. The topological polar surface area (TPSA) is 89.0 Å². The van der Waals surface area contributed by atoms with Gasteiger partial charge in [0.2, 0.25) is 0 Å². The lowest BCUT2D eigenvalue weighted by atomic mass is 10.1. The van der Waals surface area contributed by atoms with Crippen LogP contribution in [0.25, 0.3) is 16.9 Å². The van der Waals surface area contributed by atoms with Gasteiger partial charge in [-0.05, 0) is 66.2 Å². The van der Waals surface area contributed by atoms with Gasteiger partial charge in [-0.3, -0.25) is 4.68 Å². The third-order valence-electron chi connectivity index (χ3n) is 4.91. The minimum absolute atomic E-state index is 0.207. The van der Waals surface area contributed by atoms with Crippen LogP contribution >= 0.6 is 0 Å². The second kappa shape index (κ2) is 8.47. The number of ether oxygens (including phenoxy) is 2. The van der Waals surface area contributed by atoms with Gasteiger partial charge in [0, 0.05) is 25.9 Å². The summed E-state index contributed by atoms with van der Waals surface area (Å²) in [6.07, 6.45) is 1.91. The second-order valence-corrected chi connectivity index (χ2v) is 7.13. The van der Waals surface area contributed by atoms with Gasteiger partial charge < -0.3 is 9.47 Å². The first-order valence-electron chi connectivity index (χ1n) is 9.95. The van der Waals surface area contributed by atoms with Gasteiger partial charge in [-0.1, -0.05) is 6.07 Å². The normalized spacial score (nSPS) is 11.0. The molecular weight excluding hydrogens is 396 g/mol. The monoisotopic (exact) mass is 420 g/mol. The van der Waals surface area contributed by atoms with Gasteiger partial charge in [-0.2, -0.15) is 14.5 Å². The number of hydrogen-bond donors (Lipinski definition) is 0. The van der Waals surface area contributed by atoms with E-state index in [-0.39, 0.29) is 12.3 Å². The molecule has 2 heterocycles. The average molecular weight is 420 g/mol. The fraction of sp³-hybridized carbons (Fsp3) is 0.273. The average Bonchev–Trinajstić information content (AvgIpc) is 3.33. The van der Waals surface area contributed by atoms with Crippen molar-refractivity contribution in [2.45, 2.75) is 20.5 Å². The van der Waals surface area contributed by atoms with E-state index in [1.165, 1.54) is 9.36 Å². The maximum Gasteiger partial charge on any atom is 0.368 e. The van der Waals surface area contributed by atoms with Gasteiger partial charge in [0.15, 0.2) is 0 Å². The van der Waals surface area contributed by atoms with E-state index < -0.39 is 0 Å². The third kappa shape index (κ3) is 4.07. The minimum Gasteiger partial charge on any atom is -0.493 e. The van der Waals surface area contributed by atoms with Crippen molar-refractivity contribution in [1.29, 1.82) is 0 Å². The van der Waals surface area contributed by atoms with Crippen molar-refractivity contribution in [2.75, 3.05) is 6.61 Å². The van der Waals surface area contributed by atoms with E-state index >= 15 is 0 Å². The Morgan fingerprint density at radius 2 is 1.84 bits per heavy atom. The van der Waals surface area contributed by atoms with Crippen LogP contribution in [0.4, 0.5) is 0 Å². The van der Waals surface area contributed by atoms with E-state index in [0.29, 0.717) is 18.0 Å². The SMILES string of the molecule is CCOc1cccc(-n2nnn(C)c2=O)c1COc1ccc(-c2ccn(C)n2)cc1C. The van der Waals surface area contributed by atoms with Crippen molar-refractivity contribution in [1.82, 2.24) is 29.6 Å². The first kappa shape index (κ1) is 20.4. The van der Waals surface area contributed by atoms with E-state index in [2.05, 4.69) is 15.5 Å². The molecule has 0 radical (unpaired) electrons. The maximum absolute atomic E-state index is 12.4. The molecule has 9 nitrogen and oxygen atoms in total. The molecule has 0 spiro atoms. The molecular formula is C22H24N6O3. The Balaban J connectivity index is 1.65. The molecule has 0 fully saturated rings. The zero-order valence-electron chi connectivity index (χ0n) is 17.9. The van der Waals surface area contributed by atoms with Crippen molar-refractivity contribution in [3.63, 3.8) is 0 Å². The summed E-state index contributed by atoms with van der Waals surface area (Å²) in [6, 6.07) is 13.4. The summed E-state index contributed by atoms with van der Waals surface area (Å²) in [7, 11) is 3.45. The van der Waals surface area contributed by atoms with Crippen LogP contribution in [0.15, 0.2) is 53.5 Å². The summed E-state index contributed by atoms with van der Waals surface area (Å²) >= 11 is 0. The van der Waals surface area contributed by atoms with Crippen LogP contribution in [-0.4, -0.2) is 36.2 Å². The number of rotatable bonds is 7.